The zero-order valence-corrected chi connectivity index (χ0v) is 28.7. The molecule has 4 aliphatic rings. The largest absolute Gasteiger partial charge is 0.295 e. The van der Waals surface area contributed by atoms with Crippen LogP contribution in [0.25, 0.3) is 0 Å². The van der Waals surface area contributed by atoms with Gasteiger partial charge in [0, 0.05) is 11.8 Å². The first-order valence-electron chi connectivity index (χ1n) is 18.0. The number of ketones is 1. The minimum absolute atomic E-state index is 0.0455. The SMILES string of the molecule is CC=CC=C1C(C2CC(C)CCC2C(C)C)=CC(=O)CC1(C1CC(C)CCC1C(C)C)C1CC(C)CCC1C(C)C. The van der Waals surface area contributed by atoms with E-state index in [1.165, 1.54) is 63.4 Å². The summed E-state index contributed by atoms with van der Waals surface area (Å²) in [6.45, 7) is 24.5. The van der Waals surface area contributed by atoms with Crippen molar-refractivity contribution in [2.75, 3.05) is 0 Å². The molecule has 0 amide bonds. The lowest BCUT2D eigenvalue weighted by molar-refractivity contribution is -0.124. The van der Waals surface area contributed by atoms with Crippen LogP contribution in [0.3, 0.4) is 0 Å². The van der Waals surface area contributed by atoms with Crippen molar-refractivity contribution in [3.05, 3.63) is 35.5 Å². The highest BCUT2D eigenvalue weighted by Gasteiger charge is 2.58. The van der Waals surface area contributed by atoms with Gasteiger partial charge in [-0.3, -0.25) is 4.79 Å². The van der Waals surface area contributed by atoms with Gasteiger partial charge in [0.1, 0.15) is 0 Å². The van der Waals surface area contributed by atoms with E-state index in [4.69, 9.17) is 0 Å². The normalized spacial score (nSPS) is 42.1. The molecule has 0 aromatic rings. The fourth-order valence-electron chi connectivity index (χ4n) is 10.8. The third-order valence-electron chi connectivity index (χ3n) is 12.8. The summed E-state index contributed by atoms with van der Waals surface area (Å²) in [4.78, 5) is 14.4. The predicted octanol–water partition coefficient (Wildman–Crippen LogP) is 11.5. The minimum atomic E-state index is -0.0455. The summed E-state index contributed by atoms with van der Waals surface area (Å²) < 4.78 is 0. The predicted molar refractivity (Wildman–Crippen MR) is 178 cm³/mol. The van der Waals surface area contributed by atoms with Crippen LogP contribution in [0.4, 0.5) is 0 Å². The Balaban J connectivity index is 2.01. The van der Waals surface area contributed by atoms with Crippen molar-refractivity contribution in [1.82, 2.24) is 0 Å². The summed E-state index contributed by atoms with van der Waals surface area (Å²) in [5.74, 6) is 8.40. The van der Waals surface area contributed by atoms with Gasteiger partial charge < -0.3 is 0 Å². The monoisotopic (exact) mass is 563 g/mol. The number of rotatable bonds is 7. The highest BCUT2D eigenvalue weighted by molar-refractivity contribution is 5.94. The summed E-state index contributed by atoms with van der Waals surface area (Å²) in [7, 11) is 0. The van der Waals surface area contributed by atoms with Gasteiger partial charge in [-0.25, -0.2) is 0 Å². The molecule has 0 radical (unpaired) electrons. The van der Waals surface area contributed by atoms with E-state index in [-0.39, 0.29) is 5.41 Å². The maximum Gasteiger partial charge on any atom is 0.156 e. The smallest absolute Gasteiger partial charge is 0.156 e. The number of hydrogen-bond acceptors (Lipinski definition) is 1. The topological polar surface area (TPSA) is 17.1 Å². The van der Waals surface area contributed by atoms with Crippen LogP contribution in [-0.4, -0.2) is 5.78 Å². The van der Waals surface area contributed by atoms with Gasteiger partial charge in [-0.15, -0.1) is 0 Å². The van der Waals surface area contributed by atoms with Gasteiger partial charge in [0.15, 0.2) is 5.78 Å². The van der Waals surface area contributed by atoms with E-state index >= 15 is 0 Å². The molecule has 0 aromatic carbocycles. The maximum absolute atomic E-state index is 14.4. The Bertz CT molecular complexity index is 943. The van der Waals surface area contributed by atoms with Crippen LogP contribution in [0.2, 0.25) is 0 Å². The van der Waals surface area contributed by atoms with Crippen molar-refractivity contribution in [2.45, 2.75) is 133 Å². The van der Waals surface area contributed by atoms with Gasteiger partial charge in [-0.2, -0.15) is 0 Å². The van der Waals surface area contributed by atoms with E-state index in [1.807, 2.05) is 0 Å². The van der Waals surface area contributed by atoms with E-state index in [2.05, 4.69) is 93.5 Å². The van der Waals surface area contributed by atoms with E-state index in [0.717, 1.165) is 24.2 Å². The number of allylic oxidation sites excluding steroid dienone is 6. The van der Waals surface area contributed by atoms with Crippen LogP contribution in [0.5, 0.6) is 0 Å². The fraction of sp³-hybridized carbons (Fsp3) is 0.825. The summed E-state index contributed by atoms with van der Waals surface area (Å²) >= 11 is 0. The molecule has 1 nitrogen and oxygen atoms in total. The second-order valence-corrected chi connectivity index (χ2v) is 16.7. The van der Waals surface area contributed by atoms with E-state index in [9.17, 15) is 4.79 Å². The first kappa shape index (κ1) is 32.8. The first-order valence-corrected chi connectivity index (χ1v) is 18.0. The van der Waals surface area contributed by atoms with Crippen molar-refractivity contribution in [1.29, 1.82) is 0 Å². The zero-order valence-electron chi connectivity index (χ0n) is 28.7. The van der Waals surface area contributed by atoms with Crippen LogP contribution in [-0.2, 0) is 4.79 Å². The molecule has 0 saturated heterocycles. The summed E-state index contributed by atoms with van der Waals surface area (Å²) in [5, 5.41) is 0. The van der Waals surface area contributed by atoms with Crippen LogP contribution in [0.15, 0.2) is 35.5 Å². The Morgan fingerprint density at radius 1 is 0.707 bits per heavy atom. The van der Waals surface area contributed by atoms with Crippen LogP contribution >= 0.6 is 0 Å². The molecule has 0 heterocycles. The van der Waals surface area contributed by atoms with Gasteiger partial charge in [0.25, 0.3) is 0 Å². The quantitative estimate of drug-likeness (QED) is 0.301. The Labute approximate surface area is 255 Å². The molecule has 4 rings (SSSR count). The van der Waals surface area contributed by atoms with Crippen molar-refractivity contribution in [2.24, 2.45) is 76.4 Å². The number of hydrogen-bond donors (Lipinski definition) is 0. The Kier molecular flexibility index (Phi) is 10.9. The first-order chi connectivity index (χ1) is 19.4. The van der Waals surface area contributed by atoms with E-state index in [0.29, 0.717) is 59.0 Å². The molecule has 0 spiro atoms. The molecule has 3 saturated carbocycles. The van der Waals surface area contributed by atoms with Crippen molar-refractivity contribution < 1.29 is 4.79 Å². The Morgan fingerprint density at radius 2 is 1.17 bits per heavy atom. The molecular weight excluding hydrogens is 496 g/mol. The summed E-state index contributed by atoms with van der Waals surface area (Å²) in [5.41, 5.74) is 3.05. The van der Waals surface area contributed by atoms with Gasteiger partial charge in [0.05, 0.1) is 0 Å². The standard InChI is InChI=1S/C40H66O/c1-11-12-13-37-36(35-20-28(8)14-17-32(35)25(2)3)23-31(41)24-40(37,38-21-29(9)15-18-33(38)26(4)5)39-22-30(10)16-19-34(39)27(6)7/h11-13,23,25-30,32-35,38-39H,14-22,24H2,1-10H3. The number of carbonyl (C=O) groups excluding carboxylic acids is 1. The lowest BCUT2D eigenvalue weighted by Gasteiger charge is -2.60. The van der Waals surface area contributed by atoms with Crippen molar-refractivity contribution in [3.63, 3.8) is 0 Å². The molecular formula is C40H66O. The van der Waals surface area contributed by atoms with E-state index < -0.39 is 0 Å². The molecule has 41 heavy (non-hydrogen) atoms. The third kappa shape index (κ3) is 6.70. The molecule has 0 aliphatic heterocycles. The van der Waals surface area contributed by atoms with Gasteiger partial charge >= 0.3 is 0 Å². The third-order valence-corrected chi connectivity index (χ3v) is 12.8. The highest BCUT2D eigenvalue weighted by Crippen LogP contribution is 2.65. The molecule has 0 aromatic heterocycles. The second-order valence-electron chi connectivity index (χ2n) is 16.7. The molecule has 3 fully saturated rings. The van der Waals surface area contributed by atoms with Crippen molar-refractivity contribution in [3.8, 4) is 0 Å². The molecule has 0 N–H and O–H groups in total. The van der Waals surface area contributed by atoms with Gasteiger partial charge in [0.2, 0.25) is 0 Å². The molecule has 9 unspecified atom stereocenters. The summed E-state index contributed by atoms with van der Waals surface area (Å²) in [6, 6.07) is 0. The molecule has 9 atom stereocenters. The van der Waals surface area contributed by atoms with Gasteiger partial charge in [-0.05, 0) is 134 Å². The second kappa shape index (κ2) is 13.7. The maximum atomic E-state index is 14.4. The Hall–Kier alpha value is -1.11. The molecule has 4 aliphatic carbocycles. The fourth-order valence-corrected chi connectivity index (χ4v) is 10.8. The zero-order chi connectivity index (χ0) is 30.1. The van der Waals surface area contributed by atoms with Gasteiger partial charge in [-0.1, -0.05) is 99.8 Å². The average Bonchev–Trinajstić information content (AvgIpc) is 2.91. The molecule has 232 valence electrons. The lowest BCUT2D eigenvalue weighted by Crippen LogP contribution is -2.54. The minimum Gasteiger partial charge on any atom is -0.295 e. The average molecular weight is 563 g/mol. The van der Waals surface area contributed by atoms with Crippen LogP contribution in [0.1, 0.15) is 133 Å². The van der Waals surface area contributed by atoms with Crippen molar-refractivity contribution >= 4 is 5.78 Å². The molecule has 0 bridgehead atoms. The highest BCUT2D eigenvalue weighted by atomic mass is 16.1. The van der Waals surface area contributed by atoms with Crippen LogP contribution in [0, 0.1) is 76.4 Å². The number of carbonyl (C=O) groups is 1. The molecule has 1 heteroatoms. The van der Waals surface area contributed by atoms with E-state index in [1.54, 1.807) is 5.57 Å². The van der Waals surface area contributed by atoms with Crippen LogP contribution < -0.4 is 0 Å². The Morgan fingerprint density at radius 3 is 1.63 bits per heavy atom. The lowest BCUT2D eigenvalue weighted by atomic mass is 9.44. The summed E-state index contributed by atoms with van der Waals surface area (Å²) in [6.07, 6.45) is 21.9.